The second-order valence-corrected chi connectivity index (χ2v) is 7.15. The van der Waals surface area contributed by atoms with Gasteiger partial charge < -0.3 is 5.11 Å². The minimum Gasteiger partial charge on any atom is -0.512 e. The molecule has 0 aliphatic heterocycles. The van der Waals surface area contributed by atoms with Gasteiger partial charge in [-0.05, 0) is 49.3 Å². The molecule has 1 aliphatic carbocycles. The number of aromatic amines is 2. The van der Waals surface area contributed by atoms with Crippen molar-refractivity contribution >= 4 is 6.08 Å². The van der Waals surface area contributed by atoms with Crippen molar-refractivity contribution in [3.63, 3.8) is 0 Å². The summed E-state index contributed by atoms with van der Waals surface area (Å²) in [5.41, 5.74) is 3.20. The lowest BCUT2D eigenvalue weighted by Gasteiger charge is -2.31. The first-order valence-corrected chi connectivity index (χ1v) is 8.56. The van der Waals surface area contributed by atoms with Crippen LogP contribution >= 0.6 is 0 Å². The highest BCUT2D eigenvalue weighted by Gasteiger charge is 2.28. The predicted octanol–water partition coefficient (Wildman–Crippen LogP) is 4.58. The van der Waals surface area contributed by atoms with E-state index in [-0.39, 0.29) is 11.0 Å². The van der Waals surface area contributed by atoms with Crippen molar-refractivity contribution in [3.8, 4) is 0 Å². The minimum absolute atomic E-state index is 0.0187. The number of hydrogen-bond acceptors (Lipinski definition) is 3. The van der Waals surface area contributed by atoms with Gasteiger partial charge in [0.25, 0.3) is 5.56 Å². The zero-order valence-electron chi connectivity index (χ0n) is 15.4. The van der Waals surface area contributed by atoms with Gasteiger partial charge in [0.15, 0.2) is 5.69 Å². The fourth-order valence-electron chi connectivity index (χ4n) is 2.92. The fraction of sp³-hybridized carbons (Fsp3) is 0.400. The zero-order chi connectivity index (χ0) is 18.4. The third-order valence-corrected chi connectivity index (χ3v) is 4.43. The lowest BCUT2D eigenvalue weighted by atomic mass is 9.74. The van der Waals surface area contributed by atoms with E-state index in [9.17, 15) is 9.90 Å². The Bertz CT molecular complexity index is 814. The van der Waals surface area contributed by atoms with E-state index >= 15 is 0 Å². The third-order valence-electron chi connectivity index (χ3n) is 4.43. The summed E-state index contributed by atoms with van der Waals surface area (Å²) in [6.45, 7) is 8.28. The molecule has 1 aromatic rings. The van der Waals surface area contributed by atoms with E-state index in [0.29, 0.717) is 11.5 Å². The van der Waals surface area contributed by atoms with Gasteiger partial charge in [-0.3, -0.25) is 4.79 Å². The smallest absolute Gasteiger partial charge is 0.291 e. The van der Waals surface area contributed by atoms with Crippen molar-refractivity contribution in [2.24, 2.45) is 5.41 Å². The number of nitrogens with zero attached hydrogens (tertiary/aromatic N) is 1. The molecule has 0 saturated heterocycles. The van der Waals surface area contributed by atoms with Crippen molar-refractivity contribution in [2.45, 2.75) is 47.0 Å². The van der Waals surface area contributed by atoms with Crippen LogP contribution in [-0.4, -0.2) is 20.5 Å². The highest BCUT2D eigenvalue weighted by molar-refractivity contribution is 5.50. The first-order valence-electron chi connectivity index (χ1n) is 8.56. The van der Waals surface area contributed by atoms with Crippen LogP contribution < -0.4 is 5.56 Å². The zero-order valence-corrected chi connectivity index (χ0v) is 15.4. The number of aliphatic hydroxyl groups is 1. The lowest BCUT2D eigenvalue weighted by Crippen LogP contribution is -2.19. The molecule has 0 aromatic carbocycles. The van der Waals surface area contributed by atoms with Crippen molar-refractivity contribution in [3.05, 3.63) is 68.9 Å². The average Bonchev–Trinajstić information content (AvgIpc) is 2.91. The summed E-state index contributed by atoms with van der Waals surface area (Å²) in [4.78, 5) is 11.4. The van der Waals surface area contributed by atoms with Crippen LogP contribution in [0.5, 0.6) is 0 Å². The van der Waals surface area contributed by atoms with E-state index in [4.69, 9.17) is 0 Å². The number of allylic oxidation sites excluding steroid dienone is 9. The lowest BCUT2D eigenvalue weighted by molar-refractivity contribution is 0.292. The summed E-state index contributed by atoms with van der Waals surface area (Å²) in [5, 5.41) is 18.8. The summed E-state index contributed by atoms with van der Waals surface area (Å²) in [6.07, 6.45) is 14.5. The Morgan fingerprint density at radius 2 is 2.00 bits per heavy atom. The topological polar surface area (TPSA) is 81.8 Å². The molecule has 0 bridgehead atoms. The van der Waals surface area contributed by atoms with Gasteiger partial charge in [0.05, 0.1) is 5.76 Å². The van der Waals surface area contributed by atoms with Crippen molar-refractivity contribution in [2.75, 3.05) is 0 Å². The maximum Gasteiger partial charge on any atom is 0.291 e. The molecule has 134 valence electrons. The molecule has 1 aromatic heterocycles. The molecule has 1 heterocycles. The molecule has 0 spiro atoms. The molecule has 5 heteroatoms. The van der Waals surface area contributed by atoms with Gasteiger partial charge in [-0.1, -0.05) is 49.8 Å². The van der Waals surface area contributed by atoms with E-state index < -0.39 is 0 Å². The van der Waals surface area contributed by atoms with Crippen LogP contribution in [0.1, 0.15) is 52.7 Å². The summed E-state index contributed by atoms with van der Waals surface area (Å²) < 4.78 is 0. The highest BCUT2D eigenvalue weighted by Crippen LogP contribution is 2.40. The van der Waals surface area contributed by atoms with Gasteiger partial charge in [-0.15, -0.1) is 0 Å². The maximum atomic E-state index is 11.4. The van der Waals surface area contributed by atoms with Crippen LogP contribution in [0.25, 0.3) is 6.08 Å². The van der Waals surface area contributed by atoms with Crippen LogP contribution in [0.15, 0.2) is 57.7 Å². The second kappa shape index (κ2) is 8.01. The molecule has 0 amide bonds. The maximum absolute atomic E-state index is 11.4. The Morgan fingerprint density at radius 1 is 1.24 bits per heavy atom. The van der Waals surface area contributed by atoms with Gasteiger partial charge in [0.2, 0.25) is 0 Å². The number of aromatic nitrogens is 3. The van der Waals surface area contributed by atoms with Crippen molar-refractivity contribution in [1.29, 1.82) is 0 Å². The van der Waals surface area contributed by atoms with Gasteiger partial charge in [-0.25, -0.2) is 10.3 Å². The number of aliphatic hydroxyl groups excluding tert-OH is 1. The fourth-order valence-corrected chi connectivity index (χ4v) is 2.92. The summed E-state index contributed by atoms with van der Waals surface area (Å²) in [5.74, 6) is 0.513. The molecule has 0 saturated carbocycles. The third kappa shape index (κ3) is 5.21. The predicted molar refractivity (Wildman–Crippen MR) is 102 cm³/mol. The largest absolute Gasteiger partial charge is 0.512 e. The van der Waals surface area contributed by atoms with E-state index in [1.807, 2.05) is 44.2 Å². The van der Waals surface area contributed by atoms with Crippen LogP contribution in [0.2, 0.25) is 0 Å². The Kier molecular flexibility index (Phi) is 6.02. The molecule has 0 atom stereocenters. The van der Waals surface area contributed by atoms with Gasteiger partial charge in [-0.2, -0.15) is 5.10 Å². The van der Waals surface area contributed by atoms with Gasteiger partial charge >= 0.3 is 0 Å². The number of H-pyrrole nitrogens is 2. The Labute approximate surface area is 148 Å². The van der Waals surface area contributed by atoms with Crippen LogP contribution in [0, 0.1) is 5.41 Å². The Hall–Kier alpha value is -2.56. The van der Waals surface area contributed by atoms with Crippen LogP contribution in [0.3, 0.4) is 0 Å². The number of nitrogens with one attached hydrogen (secondary N) is 2. The normalized spacial score (nSPS) is 19.4. The summed E-state index contributed by atoms with van der Waals surface area (Å²) in [7, 11) is 0. The minimum atomic E-state index is -0.231. The Balaban J connectivity index is 2.05. The molecule has 0 radical (unpaired) electrons. The first-order chi connectivity index (χ1) is 11.8. The SMILES string of the molecule is CC(/C=C/C1=C(O)CCCC1(C)C)=C\C=C\C(C)=C\c1n[nH][nH]c1=O. The monoisotopic (exact) mass is 341 g/mol. The molecule has 2 rings (SSSR count). The second-order valence-electron chi connectivity index (χ2n) is 7.15. The molecule has 0 fully saturated rings. The number of hydrogen-bond donors (Lipinski definition) is 3. The highest BCUT2D eigenvalue weighted by atomic mass is 16.3. The molecule has 3 N–H and O–H groups in total. The first kappa shape index (κ1) is 18.8. The van der Waals surface area contributed by atoms with E-state index in [2.05, 4.69) is 29.3 Å². The molecule has 25 heavy (non-hydrogen) atoms. The van der Waals surface area contributed by atoms with Gasteiger partial charge in [0.1, 0.15) is 0 Å². The molecule has 1 aliphatic rings. The van der Waals surface area contributed by atoms with Crippen LogP contribution in [0.4, 0.5) is 0 Å². The molecule has 0 unspecified atom stereocenters. The Morgan fingerprint density at radius 3 is 2.64 bits per heavy atom. The molecular weight excluding hydrogens is 314 g/mol. The van der Waals surface area contributed by atoms with Crippen LogP contribution in [-0.2, 0) is 0 Å². The van der Waals surface area contributed by atoms with Crippen molar-refractivity contribution < 1.29 is 5.11 Å². The summed E-state index contributed by atoms with van der Waals surface area (Å²) >= 11 is 0. The van der Waals surface area contributed by atoms with E-state index in [0.717, 1.165) is 36.0 Å². The van der Waals surface area contributed by atoms with Gasteiger partial charge in [0, 0.05) is 6.42 Å². The summed E-state index contributed by atoms with van der Waals surface area (Å²) in [6, 6.07) is 0. The number of rotatable bonds is 5. The van der Waals surface area contributed by atoms with E-state index in [1.54, 1.807) is 6.08 Å². The molecular formula is C20H27N3O2. The molecule has 5 nitrogen and oxygen atoms in total. The van der Waals surface area contributed by atoms with E-state index in [1.165, 1.54) is 0 Å². The standard InChI is InChI=1S/C20H27N3O2/c1-14(10-11-16-18(24)9-6-12-20(16,3)4)7-5-8-15(2)13-17-19(25)22-23-21-17/h5,7-8,10-11,13,24H,6,9,12H2,1-4H3,(H2,21,22,23,25)/b8-5+,11-10+,14-7+,15-13+. The quantitative estimate of drug-likeness (QED) is 0.686. The van der Waals surface area contributed by atoms with Crippen molar-refractivity contribution in [1.82, 2.24) is 15.4 Å². The average molecular weight is 341 g/mol.